The molecule has 1 radical (unpaired) electrons. The lowest BCUT2D eigenvalue weighted by atomic mass is 10.1. The van der Waals surface area contributed by atoms with Gasteiger partial charge in [-0.1, -0.05) is 71.1 Å². The zero-order valence-corrected chi connectivity index (χ0v) is 21.5. The van der Waals surface area contributed by atoms with Gasteiger partial charge in [-0.15, -0.1) is 10.3 Å². The molecule has 8 heteroatoms. The summed E-state index contributed by atoms with van der Waals surface area (Å²) in [6.45, 7) is 8.47. The van der Waals surface area contributed by atoms with Gasteiger partial charge in [-0.3, -0.25) is 9.59 Å². The summed E-state index contributed by atoms with van der Waals surface area (Å²) in [5.41, 5.74) is -1.68. The van der Waals surface area contributed by atoms with Gasteiger partial charge < -0.3 is 20.1 Å². The Morgan fingerprint density at radius 1 is 0.879 bits per heavy atom. The van der Waals surface area contributed by atoms with Crippen LogP contribution in [0.1, 0.15) is 105 Å². The third-order valence-electron chi connectivity index (χ3n) is 6.14. The topological polar surface area (TPSA) is 99.8 Å². The smallest absolute Gasteiger partial charge is 0.246 e. The van der Waals surface area contributed by atoms with Crippen LogP contribution in [0, 0.1) is 0 Å². The van der Waals surface area contributed by atoms with Crippen molar-refractivity contribution in [1.29, 1.82) is 0 Å². The second-order valence-electron chi connectivity index (χ2n) is 10.0. The number of ether oxygens (including phenoxy) is 2. The van der Waals surface area contributed by atoms with Gasteiger partial charge in [0.15, 0.2) is 5.72 Å². The average molecular weight is 471 g/mol. The highest BCUT2D eigenvalue weighted by molar-refractivity contribution is 5.77. The second-order valence-corrected chi connectivity index (χ2v) is 10.0. The van der Waals surface area contributed by atoms with E-state index in [1.165, 1.54) is 57.8 Å². The van der Waals surface area contributed by atoms with Crippen molar-refractivity contribution in [3.05, 3.63) is 0 Å². The van der Waals surface area contributed by atoms with E-state index >= 15 is 0 Å². The summed E-state index contributed by atoms with van der Waals surface area (Å²) >= 11 is 0. The van der Waals surface area contributed by atoms with Crippen molar-refractivity contribution < 1.29 is 24.3 Å². The fraction of sp³-hybridized carbons (Fsp3) is 0.920. The van der Waals surface area contributed by atoms with Crippen molar-refractivity contribution in [3.63, 3.8) is 0 Å². The highest BCUT2D eigenvalue weighted by atomic mass is 16.6. The van der Waals surface area contributed by atoms with Gasteiger partial charge in [0.1, 0.15) is 6.61 Å². The van der Waals surface area contributed by atoms with Crippen molar-refractivity contribution in [1.82, 2.24) is 15.7 Å². The predicted molar refractivity (Wildman–Crippen MR) is 129 cm³/mol. The van der Waals surface area contributed by atoms with E-state index in [2.05, 4.69) is 17.6 Å². The predicted octanol–water partition coefficient (Wildman–Crippen LogP) is 4.11. The van der Waals surface area contributed by atoms with E-state index in [1.807, 2.05) is 13.8 Å². The summed E-state index contributed by atoms with van der Waals surface area (Å²) in [6.07, 6.45) is 14.4. The third kappa shape index (κ3) is 12.7. The Kier molecular flexibility index (Phi) is 14.8. The maximum atomic E-state index is 12.3. The van der Waals surface area contributed by atoms with Crippen LogP contribution in [0.4, 0.5) is 0 Å². The minimum Gasteiger partial charge on any atom is -0.370 e. The lowest BCUT2D eigenvalue weighted by molar-refractivity contribution is -0.281. The molecule has 1 heterocycles. The summed E-state index contributed by atoms with van der Waals surface area (Å²) < 4.78 is 10.9. The van der Waals surface area contributed by atoms with Gasteiger partial charge in [0.2, 0.25) is 11.8 Å². The number of hydroxylamine groups is 2. The fourth-order valence-corrected chi connectivity index (χ4v) is 3.99. The van der Waals surface area contributed by atoms with Crippen molar-refractivity contribution in [2.24, 2.45) is 0 Å². The lowest BCUT2D eigenvalue weighted by Crippen LogP contribution is -2.53. The molecule has 1 fully saturated rings. The fourth-order valence-electron chi connectivity index (χ4n) is 3.99. The Balaban J connectivity index is 1.92. The van der Waals surface area contributed by atoms with Crippen LogP contribution in [0.3, 0.4) is 0 Å². The summed E-state index contributed by atoms with van der Waals surface area (Å²) in [6, 6.07) is 0. The van der Waals surface area contributed by atoms with Crippen molar-refractivity contribution in [2.75, 3.05) is 32.9 Å². The number of unbranched alkanes of at least 4 members (excludes halogenated alkanes) is 10. The van der Waals surface area contributed by atoms with Crippen LogP contribution < -0.4 is 10.6 Å². The molecule has 1 aliphatic heterocycles. The van der Waals surface area contributed by atoms with Gasteiger partial charge in [-0.25, -0.2) is 0 Å². The maximum Gasteiger partial charge on any atom is 0.246 e. The molecule has 2 N–H and O–H groups in total. The molecule has 1 unspecified atom stereocenters. The molecule has 0 aromatic carbocycles. The van der Waals surface area contributed by atoms with E-state index in [1.54, 1.807) is 6.92 Å². The third-order valence-corrected chi connectivity index (χ3v) is 6.14. The molecule has 0 aromatic rings. The number of amides is 2. The number of carbonyl (C=O) groups is 2. The molecule has 1 rings (SSSR count). The van der Waals surface area contributed by atoms with E-state index < -0.39 is 11.3 Å². The number of rotatable bonds is 19. The van der Waals surface area contributed by atoms with Crippen LogP contribution in [-0.4, -0.2) is 61.1 Å². The zero-order valence-electron chi connectivity index (χ0n) is 21.5. The molecule has 8 nitrogen and oxygen atoms in total. The molecule has 193 valence electrons. The molecular weight excluding hydrogens is 422 g/mol. The number of nitrogens with one attached hydrogen (secondary N) is 2. The Labute approximate surface area is 201 Å². The minimum atomic E-state index is -1.07. The number of hydrogen-bond acceptors (Lipinski definition) is 5. The molecule has 0 aromatic heterocycles. The van der Waals surface area contributed by atoms with Crippen LogP contribution in [0.15, 0.2) is 0 Å². The molecular formula is C25H48N3O5. The monoisotopic (exact) mass is 470 g/mol. The average Bonchev–Trinajstić information content (AvgIpc) is 2.99. The molecule has 33 heavy (non-hydrogen) atoms. The SMILES string of the molecule is CCCCCCCCCCCCCC(=O)NCCOCC(=O)NCC1(C)OCC(C)(C)N1[O]. The number of hydrogen-bond donors (Lipinski definition) is 2. The highest BCUT2D eigenvalue weighted by Gasteiger charge is 2.50. The summed E-state index contributed by atoms with van der Waals surface area (Å²) in [5.74, 6) is -0.284. The molecule has 1 saturated heterocycles. The van der Waals surface area contributed by atoms with Gasteiger partial charge in [0.25, 0.3) is 0 Å². The Bertz CT molecular complexity index is 558. The van der Waals surface area contributed by atoms with Gasteiger partial charge in [-0.05, 0) is 27.2 Å². The van der Waals surface area contributed by atoms with Gasteiger partial charge in [0, 0.05) is 13.0 Å². The van der Waals surface area contributed by atoms with Gasteiger partial charge in [0.05, 0.1) is 25.3 Å². The standard InChI is InChI=1S/C25H48N3O5/c1-5-6-7-8-9-10-11-12-13-14-15-16-22(29)26-17-18-32-19-23(30)27-20-25(4)28(31)24(2,3)21-33-25/h5-21H2,1-4H3,(H,26,29)(H,27,30). The van der Waals surface area contributed by atoms with E-state index in [0.717, 1.165) is 17.9 Å². The quantitative estimate of drug-likeness (QED) is 0.277. The summed E-state index contributed by atoms with van der Waals surface area (Å²) in [5, 5.41) is 18.7. The Hall–Kier alpha value is -1.22. The van der Waals surface area contributed by atoms with Crippen LogP contribution in [0.2, 0.25) is 0 Å². The Morgan fingerprint density at radius 3 is 2.00 bits per heavy atom. The van der Waals surface area contributed by atoms with Crippen molar-refractivity contribution in [3.8, 4) is 0 Å². The first-order valence-corrected chi connectivity index (χ1v) is 12.9. The molecule has 2 amide bonds. The Morgan fingerprint density at radius 2 is 1.45 bits per heavy atom. The largest absolute Gasteiger partial charge is 0.370 e. The molecule has 0 bridgehead atoms. The summed E-state index contributed by atoms with van der Waals surface area (Å²) in [7, 11) is 0. The molecule has 1 atom stereocenters. The van der Waals surface area contributed by atoms with E-state index in [9.17, 15) is 14.8 Å². The summed E-state index contributed by atoms with van der Waals surface area (Å²) in [4.78, 5) is 23.8. The molecule has 1 aliphatic rings. The van der Waals surface area contributed by atoms with Crippen molar-refractivity contribution >= 4 is 11.8 Å². The van der Waals surface area contributed by atoms with E-state index in [0.29, 0.717) is 19.6 Å². The zero-order chi connectivity index (χ0) is 24.6. The minimum absolute atomic E-state index is 0.0310. The highest BCUT2D eigenvalue weighted by Crippen LogP contribution is 2.32. The van der Waals surface area contributed by atoms with Crippen LogP contribution >= 0.6 is 0 Å². The maximum absolute atomic E-state index is 12.3. The molecule has 0 aliphatic carbocycles. The van der Waals surface area contributed by atoms with Gasteiger partial charge in [-0.2, -0.15) is 0 Å². The number of nitrogens with zero attached hydrogens (tertiary/aromatic N) is 1. The van der Waals surface area contributed by atoms with E-state index in [-0.39, 0.29) is 31.6 Å². The first-order valence-electron chi connectivity index (χ1n) is 12.9. The van der Waals surface area contributed by atoms with Crippen LogP contribution in [0.5, 0.6) is 0 Å². The van der Waals surface area contributed by atoms with Gasteiger partial charge >= 0.3 is 0 Å². The van der Waals surface area contributed by atoms with Crippen molar-refractivity contribution in [2.45, 2.75) is 116 Å². The number of carbonyl (C=O) groups excluding carboxylic acids is 2. The molecule has 0 spiro atoms. The second kappa shape index (κ2) is 16.4. The first kappa shape index (κ1) is 29.8. The molecule has 0 saturated carbocycles. The lowest BCUT2D eigenvalue weighted by Gasteiger charge is -2.32. The normalized spacial score (nSPS) is 20.2. The first-order chi connectivity index (χ1) is 15.7. The van der Waals surface area contributed by atoms with Crippen LogP contribution in [0.25, 0.3) is 0 Å². The van der Waals surface area contributed by atoms with E-state index in [4.69, 9.17) is 9.47 Å². The van der Waals surface area contributed by atoms with Crippen LogP contribution in [-0.2, 0) is 24.3 Å².